The normalized spacial score (nSPS) is 13.7. The molecule has 0 fully saturated rings. The first-order chi connectivity index (χ1) is 9.33. The van der Waals surface area contributed by atoms with Gasteiger partial charge in [-0.3, -0.25) is 4.79 Å². The van der Waals surface area contributed by atoms with Crippen molar-refractivity contribution in [1.82, 2.24) is 29.6 Å². The molecule has 1 aliphatic heterocycles. The molecule has 1 amide bonds. The van der Waals surface area contributed by atoms with E-state index in [1.807, 2.05) is 10.8 Å². The Bertz CT molecular complexity index is 536. The number of imidazole rings is 1. The van der Waals surface area contributed by atoms with Gasteiger partial charge in [0.05, 0.1) is 6.33 Å². The molecule has 2 aromatic heterocycles. The number of aryl methyl sites for hydroxylation is 1. The molecule has 1 aliphatic rings. The van der Waals surface area contributed by atoms with Crippen LogP contribution >= 0.6 is 0 Å². The van der Waals surface area contributed by atoms with Crippen molar-refractivity contribution in [3.8, 4) is 0 Å². The standard InChI is InChI=1S/C11H15N7O/c19-10(13-4-7-17-6-3-12-8-17)9-15-11-14-2-1-5-18(11)16-9/h3,6,8H,1-2,4-5,7H2,(H,13,19)(H,14,15,16). The molecule has 19 heavy (non-hydrogen) atoms. The van der Waals surface area contributed by atoms with Crippen LogP contribution in [0.3, 0.4) is 0 Å². The molecule has 100 valence electrons. The minimum atomic E-state index is -0.246. The van der Waals surface area contributed by atoms with Gasteiger partial charge < -0.3 is 15.2 Å². The molecular formula is C11H15N7O. The van der Waals surface area contributed by atoms with Crippen molar-refractivity contribution in [2.45, 2.75) is 19.5 Å². The lowest BCUT2D eigenvalue weighted by molar-refractivity contribution is 0.0941. The van der Waals surface area contributed by atoms with Crippen LogP contribution in [0.15, 0.2) is 18.7 Å². The Morgan fingerprint density at radius 3 is 3.26 bits per heavy atom. The zero-order valence-electron chi connectivity index (χ0n) is 10.4. The second-order valence-electron chi connectivity index (χ2n) is 4.32. The number of aromatic nitrogens is 5. The van der Waals surface area contributed by atoms with Crippen molar-refractivity contribution in [1.29, 1.82) is 0 Å². The highest BCUT2D eigenvalue weighted by Gasteiger charge is 2.17. The molecule has 0 unspecified atom stereocenters. The molecule has 8 heteroatoms. The highest BCUT2D eigenvalue weighted by atomic mass is 16.2. The van der Waals surface area contributed by atoms with Gasteiger partial charge in [0.25, 0.3) is 5.91 Å². The second kappa shape index (κ2) is 5.09. The van der Waals surface area contributed by atoms with Gasteiger partial charge in [-0.25, -0.2) is 9.67 Å². The molecule has 2 aromatic rings. The van der Waals surface area contributed by atoms with E-state index in [1.54, 1.807) is 17.2 Å². The van der Waals surface area contributed by atoms with Gasteiger partial charge in [-0.05, 0) is 6.42 Å². The summed E-state index contributed by atoms with van der Waals surface area (Å²) in [5.41, 5.74) is 0. The van der Waals surface area contributed by atoms with Crippen LogP contribution in [0, 0.1) is 0 Å². The van der Waals surface area contributed by atoms with Crippen LogP contribution in [0.25, 0.3) is 0 Å². The molecule has 0 radical (unpaired) electrons. The number of hydrogen-bond acceptors (Lipinski definition) is 5. The van der Waals surface area contributed by atoms with E-state index in [4.69, 9.17) is 0 Å². The third kappa shape index (κ3) is 2.56. The smallest absolute Gasteiger partial charge is 0.291 e. The second-order valence-corrected chi connectivity index (χ2v) is 4.32. The number of hydrogen-bond donors (Lipinski definition) is 2. The van der Waals surface area contributed by atoms with E-state index < -0.39 is 0 Å². The van der Waals surface area contributed by atoms with Crippen LogP contribution < -0.4 is 10.6 Å². The van der Waals surface area contributed by atoms with Gasteiger partial charge in [0.15, 0.2) is 0 Å². The number of rotatable bonds is 4. The van der Waals surface area contributed by atoms with E-state index in [-0.39, 0.29) is 11.7 Å². The Kier molecular flexibility index (Phi) is 3.13. The number of nitrogens with one attached hydrogen (secondary N) is 2. The Morgan fingerprint density at radius 1 is 1.53 bits per heavy atom. The lowest BCUT2D eigenvalue weighted by Gasteiger charge is -2.12. The predicted molar refractivity (Wildman–Crippen MR) is 67.7 cm³/mol. The van der Waals surface area contributed by atoms with Gasteiger partial charge >= 0.3 is 0 Å². The fraction of sp³-hybridized carbons (Fsp3) is 0.455. The van der Waals surface area contributed by atoms with E-state index in [0.717, 1.165) is 19.5 Å². The van der Waals surface area contributed by atoms with Crippen molar-refractivity contribution in [2.75, 3.05) is 18.4 Å². The fourth-order valence-electron chi connectivity index (χ4n) is 1.95. The summed E-state index contributed by atoms with van der Waals surface area (Å²) in [6.45, 7) is 2.88. The summed E-state index contributed by atoms with van der Waals surface area (Å²) in [5, 5.41) is 10.1. The van der Waals surface area contributed by atoms with Crippen molar-refractivity contribution >= 4 is 11.9 Å². The van der Waals surface area contributed by atoms with Crippen LogP contribution in [-0.2, 0) is 13.1 Å². The average Bonchev–Trinajstić information content (AvgIpc) is 3.07. The molecule has 2 N–H and O–H groups in total. The quantitative estimate of drug-likeness (QED) is 0.790. The maximum atomic E-state index is 11.9. The summed E-state index contributed by atoms with van der Waals surface area (Å²) in [4.78, 5) is 20.0. The molecule has 0 saturated carbocycles. The summed E-state index contributed by atoms with van der Waals surface area (Å²) >= 11 is 0. The van der Waals surface area contributed by atoms with Crippen molar-refractivity contribution in [2.24, 2.45) is 0 Å². The first-order valence-electron chi connectivity index (χ1n) is 6.25. The third-order valence-electron chi connectivity index (χ3n) is 2.92. The lowest BCUT2D eigenvalue weighted by atomic mass is 10.4. The maximum Gasteiger partial charge on any atom is 0.291 e. The summed E-state index contributed by atoms with van der Waals surface area (Å²) in [5.74, 6) is 0.643. The van der Waals surface area contributed by atoms with E-state index in [2.05, 4.69) is 25.7 Å². The van der Waals surface area contributed by atoms with Gasteiger partial charge in [-0.1, -0.05) is 0 Å². The minimum absolute atomic E-state index is 0.218. The van der Waals surface area contributed by atoms with Crippen LogP contribution in [0.1, 0.15) is 17.0 Å². The van der Waals surface area contributed by atoms with Gasteiger partial charge in [0, 0.05) is 38.6 Å². The molecule has 0 aromatic carbocycles. The van der Waals surface area contributed by atoms with E-state index in [0.29, 0.717) is 19.0 Å². The first kappa shape index (κ1) is 11.7. The van der Waals surface area contributed by atoms with Crippen LogP contribution in [-0.4, -0.2) is 43.3 Å². The Morgan fingerprint density at radius 2 is 2.47 bits per heavy atom. The van der Waals surface area contributed by atoms with E-state index in [9.17, 15) is 4.79 Å². The number of fused-ring (bicyclic) bond motifs is 1. The monoisotopic (exact) mass is 261 g/mol. The van der Waals surface area contributed by atoms with Gasteiger partial charge in [-0.2, -0.15) is 4.98 Å². The van der Waals surface area contributed by atoms with Crippen LogP contribution in [0.2, 0.25) is 0 Å². The molecule has 3 rings (SSSR count). The number of amides is 1. The summed E-state index contributed by atoms with van der Waals surface area (Å²) in [6, 6.07) is 0. The summed E-state index contributed by atoms with van der Waals surface area (Å²) in [6.07, 6.45) is 6.27. The van der Waals surface area contributed by atoms with Gasteiger partial charge in [0.1, 0.15) is 0 Å². The van der Waals surface area contributed by atoms with Crippen molar-refractivity contribution in [3.63, 3.8) is 0 Å². The number of nitrogens with zero attached hydrogens (tertiary/aromatic N) is 5. The number of anilines is 1. The lowest BCUT2D eigenvalue weighted by Crippen LogP contribution is -2.28. The topological polar surface area (TPSA) is 89.7 Å². The third-order valence-corrected chi connectivity index (χ3v) is 2.92. The molecule has 3 heterocycles. The molecule has 0 bridgehead atoms. The zero-order valence-corrected chi connectivity index (χ0v) is 10.4. The Balaban J connectivity index is 1.56. The summed E-state index contributed by atoms with van der Waals surface area (Å²) < 4.78 is 3.63. The molecule has 8 nitrogen and oxygen atoms in total. The summed E-state index contributed by atoms with van der Waals surface area (Å²) in [7, 11) is 0. The van der Waals surface area contributed by atoms with Gasteiger partial charge in [0.2, 0.25) is 11.8 Å². The predicted octanol–water partition coefficient (Wildman–Crippen LogP) is -0.280. The van der Waals surface area contributed by atoms with Crippen molar-refractivity contribution < 1.29 is 4.79 Å². The molecule has 0 atom stereocenters. The first-order valence-corrected chi connectivity index (χ1v) is 6.25. The SMILES string of the molecule is O=C(NCCn1ccnc1)c1nc2n(n1)CCCN2. The Labute approximate surface area is 109 Å². The highest BCUT2D eigenvalue weighted by Crippen LogP contribution is 2.10. The average molecular weight is 261 g/mol. The van der Waals surface area contributed by atoms with E-state index in [1.165, 1.54) is 0 Å². The zero-order chi connectivity index (χ0) is 13.1. The maximum absolute atomic E-state index is 11.9. The van der Waals surface area contributed by atoms with Crippen molar-refractivity contribution in [3.05, 3.63) is 24.5 Å². The Hall–Kier alpha value is -2.38. The molecule has 0 saturated heterocycles. The highest BCUT2D eigenvalue weighted by molar-refractivity contribution is 5.90. The minimum Gasteiger partial charge on any atom is -0.354 e. The van der Waals surface area contributed by atoms with Gasteiger partial charge in [-0.15, -0.1) is 5.10 Å². The molecular weight excluding hydrogens is 246 g/mol. The largest absolute Gasteiger partial charge is 0.354 e. The fourth-order valence-corrected chi connectivity index (χ4v) is 1.95. The molecule has 0 aliphatic carbocycles. The number of carbonyl (C=O) groups is 1. The number of carbonyl (C=O) groups excluding carboxylic acids is 1. The molecule has 0 spiro atoms. The van der Waals surface area contributed by atoms with E-state index >= 15 is 0 Å². The van der Waals surface area contributed by atoms with Crippen LogP contribution in [0.5, 0.6) is 0 Å². The van der Waals surface area contributed by atoms with Crippen LogP contribution in [0.4, 0.5) is 5.95 Å².